The molecule has 0 saturated carbocycles. The molecule has 13 heavy (non-hydrogen) atoms. The molecule has 0 atom stereocenters. The molecule has 0 aromatic rings. The molecule has 0 aliphatic carbocycles. The third-order valence-electron chi connectivity index (χ3n) is 1.75. The molecule has 0 aromatic carbocycles. The lowest BCUT2D eigenvalue weighted by Gasteiger charge is -2.11. The Hall–Kier alpha value is 0.320. The summed E-state index contributed by atoms with van der Waals surface area (Å²) in [5, 5.41) is 0. The van der Waals surface area contributed by atoms with E-state index in [1.165, 1.54) is 12.8 Å². The molecule has 0 fully saturated rings. The van der Waals surface area contributed by atoms with E-state index in [0.29, 0.717) is 6.54 Å². The third kappa shape index (κ3) is 10.2. The number of hydrogen-bond donors (Lipinski definition) is 1. The van der Waals surface area contributed by atoms with E-state index in [2.05, 4.69) is 22.9 Å². The maximum absolute atomic E-state index is 10.7. The largest absolute Gasteiger partial charge is 0.330 e. The zero-order valence-electron chi connectivity index (χ0n) is 8.26. The first-order valence-corrected chi connectivity index (χ1v) is 5.73. The van der Waals surface area contributed by atoms with Crippen LogP contribution in [-0.2, 0) is 4.79 Å². The molecule has 0 heterocycles. The normalized spacial score (nSPS) is 10.8. The summed E-state index contributed by atoms with van der Waals surface area (Å²) >= 11 is 2.21. The monoisotopic (exact) mass is 298 g/mol. The number of carbonyl (C=O) groups is 1. The fourth-order valence-corrected chi connectivity index (χ4v) is 1.92. The molecule has 0 saturated heterocycles. The second kappa shape index (κ2) is 8.90. The van der Waals surface area contributed by atoms with E-state index in [4.69, 9.17) is 5.73 Å². The molecule has 0 unspecified atom stereocenters. The van der Waals surface area contributed by atoms with Crippen molar-refractivity contribution in [3.63, 3.8) is 0 Å². The summed E-state index contributed by atoms with van der Waals surface area (Å²) in [6, 6.07) is 0. The molecule has 0 radical (unpaired) electrons. The number of hydrogen-bond acceptors (Lipinski definition) is 3. The molecule has 0 amide bonds. The van der Waals surface area contributed by atoms with Gasteiger partial charge in [0.05, 0.1) is 6.54 Å². The lowest BCUT2D eigenvalue weighted by Crippen LogP contribution is -2.19. The van der Waals surface area contributed by atoms with Gasteiger partial charge in [0.25, 0.3) is 0 Å². The van der Waals surface area contributed by atoms with E-state index in [9.17, 15) is 4.79 Å². The van der Waals surface area contributed by atoms with Gasteiger partial charge in [-0.3, -0.25) is 4.79 Å². The molecule has 0 aromatic heterocycles. The van der Waals surface area contributed by atoms with E-state index in [-0.39, 0.29) is 5.78 Å². The molecular weight excluding hydrogens is 279 g/mol. The summed E-state index contributed by atoms with van der Waals surface area (Å²) in [5.74, 6) is 0.233. The fraction of sp³-hybridized carbons (Fsp3) is 0.889. The Morgan fingerprint density at radius 3 is 2.46 bits per heavy atom. The van der Waals surface area contributed by atoms with Crippen LogP contribution in [0.25, 0.3) is 0 Å². The highest BCUT2D eigenvalue weighted by atomic mass is 127. The number of unbranched alkanes of at least 4 members (excludes halogenated alkanes) is 3. The van der Waals surface area contributed by atoms with Crippen LogP contribution in [0.15, 0.2) is 0 Å². The van der Waals surface area contributed by atoms with Crippen molar-refractivity contribution in [3.8, 4) is 0 Å². The van der Waals surface area contributed by atoms with Crippen LogP contribution in [0.5, 0.6) is 0 Å². The topological polar surface area (TPSA) is 46.3 Å². The summed E-state index contributed by atoms with van der Waals surface area (Å²) in [4.78, 5) is 10.7. The summed E-state index contributed by atoms with van der Waals surface area (Å²) in [6.45, 7) is 3.99. The van der Waals surface area contributed by atoms with Crippen LogP contribution in [0.1, 0.15) is 32.6 Å². The second-order valence-electron chi connectivity index (χ2n) is 3.25. The Bertz CT molecular complexity index is 142. The van der Waals surface area contributed by atoms with Crippen molar-refractivity contribution in [1.82, 2.24) is 3.11 Å². The van der Waals surface area contributed by atoms with Gasteiger partial charge in [-0.1, -0.05) is 12.8 Å². The van der Waals surface area contributed by atoms with Crippen molar-refractivity contribution in [1.29, 1.82) is 0 Å². The molecule has 0 bridgehead atoms. The van der Waals surface area contributed by atoms with Crippen molar-refractivity contribution in [2.24, 2.45) is 5.73 Å². The van der Waals surface area contributed by atoms with E-state index >= 15 is 0 Å². The van der Waals surface area contributed by atoms with Crippen molar-refractivity contribution >= 4 is 28.6 Å². The molecule has 0 aliphatic rings. The SMILES string of the molecule is CC(=O)CN(I)CCCCCCN. The average molecular weight is 298 g/mol. The first-order valence-electron chi connectivity index (χ1n) is 4.77. The van der Waals surface area contributed by atoms with Crippen LogP contribution in [0, 0.1) is 0 Å². The summed E-state index contributed by atoms with van der Waals surface area (Å²) in [7, 11) is 0. The molecule has 0 aliphatic heterocycles. The van der Waals surface area contributed by atoms with Crippen molar-refractivity contribution in [3.05, 3.63) is 0 Å². The van der Waals surface area contributed by atoms with Crippen molar-refractivity contribution < 1.29 is 4.79 Å². The van der Waals surface area contributed by atoms with Gasteiger partial charge < -0.3 is 5.73 Å². The van der Waals surface area contributed by atoms with Crippen molar-refractivity contribution in [2.45, 2.75) is 32.6 Å². The molecule has 0 rings (SSSR count). The van der Waals surface area contributed by atoms with Crippen LogP contribution in [0.2, 0.25) is 0 Å². The maximum atomic E-state index is 10.7. The molecular formula is C9H19IN2O. The van der Waals surface area contributed by atoms with Gasteiger partial charge in [-0.05, 0) is 26.3 Å². The number of Topliss-reactive ketones (excluding diaryl/α,β-unsaturated/α-hetero) is 1. The Balaban J connectivity index is 3.17. The Kier molecular flexibility index (Phi) is 9.12. The molecule has 2 N–H and O–H groups in total. The van der Waals surface area contributed by atoms with Gasteiger partial charge >= 0.3 is 0 Å². The lowest BCUT2D eigenvalue weighted by molar-refractivity contribution is -0.116. The number of carbonyl (C=O) groups excluding carboxylic acids is 1. The zero-order valence-corrected chi connectivity index (χ0v) is 10.4. The predicted octanol–water partition coefficient (Wildman–Crippen LogP) is 1.75. The van der Waals surface area contributed by atoms with E-state index in [1.807, 2.05) is 3.11 Å². The first-order chi connectivity index (χ1) is 6.16. The summed E-state index contributed by atoms with van der Waals surface area (Å²) < 4.78 is 2.04. The Morgan fingerprint density at radius 2 is 1.92 bits per heavy atom. The lowest BCUT2D eigenvalue weighted by atomic mass is 10.2. The number of ketones is 1. The minimum atomic E-state index is 0.233. The van der Waals surface area contributed by atoms with Gasteiger partial charge in [0.2, 0.25) is 0 Å². The highest BCUT2D eigenvalue weighted by Gasteiger charge is 2.02. The summed E-state index contributed by atoms with van der Waals surface area (Å²) in [6.07, 6.45) is 4.71. The standard InChI is InChI=1S/C9H19IN2O/c1-9(13)8-12(10)7-5-3-2-4-6-11/h2-8,11H2,1H3. The van der Waals surface area contributed by atoms with Crippen molar-refractivity contribution in [2.75, 3.05) is 19.6 Å². The highest BCUT2D eigenvalue weighted by Crippen LogP contribution is 2.04. The van der Waals surface area contributed by atoms with Crippen LogP contribution < -0.4 is 5.73 Å². The average Bonchev–Trinajstić information content (AvgIpc) is 2.02. The second-order valence-corrected chi connectivity index (χ2v) is 4.61. The molecule has 78 valence electrons. The van der Waals surface area contributed by atoms with Crippen LogP contribution >= 0.6 is 22.9 Å². The van der Waals surface area contributed by atoms with Gasteiger partial charge in [-0.2, -0.15) is 0 Å². The van der Waals surface area contributed by atoms with Crippen LogP contribution in [0.4, 0.5) is 0 Å². The minimum Gasteiger partial charge on any atom is -0.330 e. The maximum Gasteiger partial charge on any atom is 0.144 e. The zero-order chi connectivity index (χ0) is 10.1. The van der Waals surface area contributed by atoms with Gasteiger partial charge in [-0.15, -0.1) is 0 Å². The van der Waals surface area contributed by atoms with E-state index < -0.39 is 0 Å². The predicted molar refractivity (Wildman–Crippen MR) is 63.8 cm³/mol. The first kappa shape index (κ1) is 13.3. The quantitative estimate of drug-likeness (QED) is 0.422. The number of nitrogens with zero attached hydrogens (tertiary/aromatic N) is 1. The highest BCUT2D eigenvalue weighted by molar-refractivity contribution is 14.1. The molecule has 0 spiro atoms. The molecule has 4 heteroatoms. The van der Waals surface area contributed by atoms with E-state index in [0.717, 1.165) is 25.9 Å². The van der Waals surface area contributed by atoms with Crippen LogP contribution in [0.3, 0.4) is 0 Å². The fourth-order valence-electron chi connectivity index (χ4n) is 1.10. The Labute approximate surface area is 94.5 Å². The van der Waals surface area contributed by atoms with Gasteiger partial charge in [0, 0.05) is 29.4 Å². The number of halogens is 1. The van der Waals surface area contributed by atoms with E-state index in [1.54, 1.807) is 6.92 Å². The molecule has 3 nitrogen and oxygen atoms in total. The third-order valence-corrected chi connectivity index (χ3v) is 2.57. The van der Waals surface area contributed by atoms with Gasteiger partial charge in [-0.25, -0.2) is 3.11 Å². The number of rotatable bonds is 8. The van der Waals surface area contributed by atoms with Gasteiger partial charge in [0.15, 0.2) is 0 Å². The van der Waals surface area contributed by atoms with Gasteiger partial charge in [0.1, 0.15) is 5.78 Å². The summed E-state index contributed by atoms with van der Waals surface area (Å²) in [5.41, 5.74) is 5.38. The minimum absolute atomic E-state index is 0.233. The smallest absolute Gasteiger partial charge is 0.144 e. The van der Waals surface area contributed by atoms with Crippen LogP contribution in [-0.4, -0.2) is 28.5 Å². The number of nitrogens with two attached hydrogens (primary N) is 1. The Morgan fingerprint density at radius 1 is 1.31 bits per heavy atom.